The molecular formula is C13H19N7OS. The molecule has 1 amide bonds. The minimum absolute atomic E-state index is 0.0347. The number of aryl methyl sites for hydroxylation is 1. The van der Waals surface area contributed by atoms with E-state index in [-0.39, 0.29) is 18.5 Å². The van der Waals surface area contributed by atoms with Crippen LogP contribution in [0.3, 0.4) is 0 Å². The van der Waals surface area contributed by atoms with Gasteiger partial charge < -0.3 is 9.88 Å². The average Bonchev–Trinajstić information content (AvgIpc) is 3.14. The van der Waals surface area contributed by atoms with Crippen LogP contribution in [-0.4, -0.2) is 47.0 Å². The molecule has 8 nitrogen and oxygen atoms in total. The van der Waals surface area contributed by atoms with Gasteiger partial charge >= 0.3 is 0 Å². The Morgan fingerprint density at radius 2 is 2.23 bits per heavy atom. The third-order valence-corrected chi connectivity index (χ3v) is 5.19. The number of rotatable bonds is 5. The van der Waals surface area contributed by atoms with Crippen molar-refractivity contribution < 1.29 is 4.79 Å². The molecule has 2 heterocycles. The highest BCUT2D eigenvalue weighted by Crippen LogP contribution is 2.32. The summed E-state index contributed by atoms with van der Waals surface area (Å²) in [5, 5.41) is 15.4. The van der Waals surface area contributed by atoms with E-state index in [0.717, 1.165) is 30.8 Å². The van der Waals surface area contributed by atoms with Crippen molar-refractivity contribution in [2.75, 3.05) is 0 Å². The van der Waals surface area contributed by atoms with Gasteiger partial charge in [0, 0.05) is 30.7 Å². The highest BCUT2D eigenvalue weighted by atomic mass is 32.2. The van der Waals surface area contributed by atoms with Crippen LogP contribution in [0.5, 0.6) is 0 Å². The highest BCUT2D eigenvalue weighted by Gasteiger charge is 2.24. The largest absolute Gasteiger partial charge is 0.352 e. The maximum Gasteiger partial charge on any atom is 0.242 e. The van der Waals surface area contributed by atoms with Gasteiger partial charge in [-0.15, -0.1) is 5.10 Å². The fourth-order valence-corrected chi connectivity index (χ4v) is 3.77. The number of nitrogens with one attached hydrogen (secondary N) is 1. The predicted molar refractivity (Wildman–Crippen MR) is 81.1 cm³/mol. The second kappa shape index (κ2) is 6.91. The lowest BCUT2D eigenvalue weighted by Crippen LogP contribution is -2.39. The van der Waals surface area contributed by atoms with Crippen LogP contribution in [0.2, 0.25) is 0 Å². The van der Waals surface area contributed by atoms with Crippen LogP contribution in [0.4, 0.5) is 0 Å². The van der Waals surface area contributed by atoms with Gasteiger partial charge in [0.05, 0.1) is 0 Å². The molecule has 1 aliphatic rings. The summed E-state index contributed by atoms with van der Waals surface area (Å²) in [6.07, 6.45) is 9.42. The smallest absolute Gasteiger partial charge is 0.242 e. The fraction of sp³-hybridized carbons (Fsp3) is 0.615. The van der Waals surface area contributed by atoms with Crippen LogP contribution in [0.15, 0.2) is 23.9 Å². The zero-order chi connectivity index (χ0) is 15.4. The number of hydrogen-bond donors (Lipinski definition) is 1. The summed E-state index contributed by atoms with van der Waals surface area (Å²) in [4.78, 5) is 16.3. The Bertz CT molecular complexity index is 604. The van der Waals surface area contributed by atoms with Gasteiger partial charge in [0.25, 0.3) is 0 Å². The van der Waals surface area contributed by atoms with E-state index in [1.165, 1.54) is 11.0 Å². The van der Waals surface area contributed by atoms with Crippen LogP contribution in [0.1, 0.15) is 25.7 Å². The Morgan fingerprint density at radius 1 is 1.41 bits per heavy atom. The summed E-state index contributed by atoms with van der Waals surface area (Å²) in [6, 6.07) is 0.252. The maximum atomic E-state index is 11.9. The summed E-state index contributed by atoms with van der Waals surface area (Å²) in [5.74, 6) is -0.0347. The number of tetrazole rings is 1. The third kappa shape index (κ3) is 3.85. The Balaban J connectivity index is 1.42. The van der Waals surface area contributed by atoms with E-state index >= 15 is 0 Å². The van der Waals surface area contributed by atoms with Gasteiger partial charge in [0.1, 0.15) is 12.9 Å². The van der Waals surface area contributed by atoms with Crippen molar-refractivity contribution >= 4 is 17.7 Å². The molecule has 118 valence electrons. The molecule has 0 spiro atoms. The van der Waals surface area contributed by atoms with Crippen LogP contribution in [-0.2, 0) is 18.4 Å². The molecule has 0 bridgehead atoms. The molecule has 0 aliphatic heterocycles. The molecule has 0 unspecified atom stereocenters. The van der Waals surface area contributed by atoms with Gasteiger partial charge in [0.2, 0.25) is 5.91 Å². The van der Waals surface area contributed by atoms with Crippen molar-refractivity contribution in [3.05, 3.63) is 18.7 Å². The quantitative estimate of drug-likeness (QED) is 0.868. The highest BCUT2D eigenvalue weighted by molar-refractivity contribution is 7.99. The first-order chi connectivity index (χ1) is 10.7. The lowest BCUT2D eigenvalue weighted by Gasteiger charge is -2.28. The van der Waals surface area contributed by atoms with Crippen LogP contribution in [0, 0.1) is 0 Å². The molecule has 1 N–H and O–H groups in total. The monoisotopic (exact) mass is 321 g/mol. The number of aromatic nitrogens is 6. The van der Waals surface area contributed by atoms with Crippen molar-refractivity contribution in [2.45, 2.75) is 48.7 Å². The molecule has 9 heteroatoms. The molecule has 1 fully saturated rings. The molecule has 2 aromatic rings. The molecule has 2 aromatic heterocycles. The van der Waals surface area contributed by atoms with Gasteiger partial charge in [-0.25, -0.2) is 9.67 Å². The second-order valence-electron chi connectivity index (χ2n) is 5.49. The Labute approximate surface area is 132 Å². The summed E-state index contributed by atoms with van der Waals surface area (Å²) >= 11 is 1.83. The normalized spacial score (nSPS) is 21.7. The van der Waals surface area contributed by atoms with Crippen molar-refractivity contribution in [3.63, 3.8) is 0 Å². The Hall–Kier alpha value is -1.90. The molecule has 0 radical (unpaired) electrons. The number of amides is 1. The molecule has 22 heavy (non-hydrogen) atoms. The van der Waals surface area contributed by atoms with Gasteiger partial charge in [0.15, 0.2) is 5.16 Å². The van der Waals surface area contributed by atoms with Crippen LogP contribution in [0.25, 0.3) is 0 Å². The first-order valence-corrected chi connectivity index (χ1v) is 8.23. The first-order valence-electron chi connectivity index (χ1n) is 7.35. The van der Waals surface area contributed by atoms with E-state index in [9.17, 15) is 4.79 Å². The van der Waals surface area contributed by atoms with Crippen LogP contribution >= 0.6 is 11.8 Å². The zero-order valence-electron chi connectivity index (χ0n) is 12.4. The summed E-state index contributed by atoms with van der Waals surface area (Å²) < 4.78 is 3.47. The maximum absolute atomic E-state index is 11.9. The number of carbonyl (C=O) groups is 1. The number of nitrogens with zero attached hydrogens (tertiary/aromatic N) is 6. The zero-order valence-corrected chi connectivity index (χ0v) is 13.2. The molecular weight excluding hydrogens is 302 g/mol. The molecule has 3 rings (SSSR count). The van der Waals surface area contributed by atoms with Gasteiger partial charge in [-0.1, -0.05) is 11.8 Å². The Morgan fingerprint density at radius 3 is 2.86 bits per heavy atom. The molecule has 0 atom stereocenters. The van der Waals surface area contributed by atoms with E-state index < -0.39 is 0 Å². The topological polar surface area (TPSA) is 90.5 Å². The first kappa shape index (κ1) is 15.0. The third-order valence-electron chi connectivity index (χ3n) is 3.79. The average molecular weight is 321 g/mol. The summed E-state index contributed by atoms with van der Waals surface area (Å²) in [6.45, 7) is 0.176. The SMILES string of the molecule is Cn1ccnc1SC1CCC(NC(=O)Cn2cnnn2)CC1. The number of imidazole rings is 1. The van der Waals surface area contributed by atoms with Crippen molar-refractivity contribution in [2.24, 2.45) is 7.05 Å². The number of thioether (sulfide) groups is 1. The molecule has 0 saturated heterocycles. The van der Waals surface area contributed by atoms with E-state index in [1.54, 1.807) is 0 Å². The number of carbonyl (C=O) groups excluding carboxylic acids is 1. The summed E-state index contributed by atoms with van der Waals surface area (Å²) in [5.41, 5.74) is 0. The minimum atomic E-state index is -0.0347. The second-order valence-corrected chi connectivity index (χ2v) is 6.75. The predicted octanol–water partition coefficient (Wildman–Crippen LogP) is 0.626. The lowest BCUT2D eigenvalue weighted by molar-refractivity contribution is -0.122. The van der Waals surface area contributed by atoms with Crippen molar-refractivity contribution in [3.8, 4) is 0 Å². The number of hydrogen-bond acceptors (Lipinski definition) is 6. The molecule has 1 aliphatic carbocycles. The van der Waals surface area contributed by atoms with Gasteiger partial charge in [-0.2, -0.15) is 0 Å². The standard InChI is InChI=1S/C13H19N7OS/c1-19-7-6-14-13(19)22-11-4-2-10(3-5-11)16-12(21)8-20-9-15-17-18-20/h6-7,9-11H,2-5,8H2,1H3,(H,16,21). The van der Waals surface area contributed by atoms with E-state index in [1.807, 2.05) is 35.8 Å². The van der Waals surface area contributed by atoms with E-state index in [2.05, 4.69) is 25.8 Å². The minimum Gasteiger partial charge on any atom is -0.352 e. The summed E-state index contributed by atoms with van der Waals surface area (Å²) in [7, 11) is 2.01. The molecule has 1 saturated carbocycles. The van der Waals surface area contributed by atoms with E-state index in [4.69, 9.17) is 0 Å². The van der Waals surface area contributed by atoms with E-state index in [0.29, 0.717) is 5.25 Å². The van der Waals surface area contributed by atoms with Gasteiger partial charge in [-0.3, -0.25) is 4.79 Å². The molecule has 0 aromatic carbocycles. The van der Waals surface area contributed by atoms with Gasteiger partial charge in [-0.05, 0) is 36.1 Å². The Kier molecular flexibility index (Phi) is 4.71. The van der Waals surface area contributed by atoms with Crippen LogP contribution < -0.4 is 5.32 Å². The lowest BCUT2D eigenvalue weighted by atomic mass is 9.95. The van der Waals surface area contributed by atoms with Crippen molar-refractivity contribution in [1.29, 1.82) is 0 Å². The van der Waals surface area contributed by atoms with Crippen molar-refractivity contribution in [1.82, 2.24) is 35.1 Å². The fourth-order valence-electron chi connectivity index (χ4n) is 2.61.